The number of aliphatic hydroxyl groups is 1. The number of alkyl halides is 3. The second-order valence-corrected chi connectivity index (χ2v) is 6.22. The quantitative estimate of drug-likeness (QED) is 0.695. The van der Waals surface area contributed by atoms with Gasteiger partial charge in [-0.25, -0.2) is 0 Å². The van der Waals surface area contributed by atoms with E-state index >= 15 is 0 Å². The van der Waals surface area contributed by atoms with E-state index in [9.17, 15) is 27.9 Å². The molecule has 1 aliphatic heterocycles. The molecule has 148 valence electrons. The van der Waals surface area contributed by atoms with Crippen molar-refractivity contribution in [1.29, 1.82) is 0 Å². The number of hydrogen-bond donors (Lipinski definition) is 3. The highest BCUT2D eigenvalue weighted by Crippen LogP contribution is 2.30. The minimum absolute atomic E-state index is 0.0484. The molecule has 2 amide bonds. The zero-order chi connectivity index (χ0) is 20.3. The summed E-state index contributed by atoms with van der Waals surface area (Å²) in [5.74, 6) is -1.30. The first-order valence-corrected chi connectivity index (χ1v) is 8.44. The van der Waals surface area contributed by atoms with Crippen LogP contribution >= 0.6 is 0 Å². The Labute approximate surface area is 158 Å². The van der Waals surface area contributed by atoms with Gasteiger partial charge < -0.3 is 20.5 Å². The van der Waals surface area contributed by atoms with Crippen molar-refractivity contribution in [2.24, 2.45) is 0 Å². The van der Waals surface area contributed by atoms with E-state index in [4.69, 9.17) is 4.74 Å². The lowest BCUT2D eigenvalue weighted by Crippen LogP contribution is -2.37. The molecule has 2 aromatic rings. The molecule has 3 rings (SSSR count). The van der Waals surface area contributed by atoms with Gasteiger partial charge in [0.05, 0.1) is 18.3 Å². The van der Waals surface area contributed by atoms with Crippen LogP contribution in [0.25, 0.3) is 0 Å². The number of carbonyl (C=O) groups is 2. The lowest BCUT2D eigenvalue weighted by molar-refractivity contribution is -0.137. The van der Waals surface area contributed by atoms with Gasteiger partial charge in [0.2, 0.25) is 0 Å². The van der Waals surface area contributed by atoms with Crippen LogP contribution in [-0.4, -0.2) is 30.1 Å². The largest absolute Gasteiger partial charge is 0.493 e. The summed E-state index contributed by atoms with van der Waals surface area (Å²) < 4.78 is 42.9. The molecule has 0 radical (unpaired) electrons. The third-order valence-corrected chi connectivity index (χ3v) is 4.23. The summed E-state index contributed by atoms with van der Waals surface area (Å²) in [5, 5.41) is 14.7. The summed E-state index contributed by atoms with van der Waals surface area (Å²) >= 11 is 0. The Morgan fingerprint density at radius 1 is 1.11 bits per heavy atom. The fourth-order valence-corrected chi connectivity index (χ4v) is 2.73. The van der Waals surface area contributed by atoms with Gasteiger partial charge in [0.1, 0.15) is 5.75 Å². The van der Waals surface area contributed by atoms with Crippen molar-refractivity contribution in [1.82, 2.24) is 5.32 Å². The van der Waals surface area contributed by atoms with Crippen LogP contribution in [0.4, 0.5) is 18.9 Å². The molecule has 28 heavy (non-hydrogen) atoms. The highest BCUT2D eigenvalue weighted by molar-refractivity contribution is 6.39. The summed E-state index contributed by atoms with van der Waals surface area (Å²) in [4.78, 5) is 23.7. The topological polar surface area (TPSA) is 87.7 Å². The molecular formula is C19H17F3N2O4. The lowest BCUT2D eigenvalue weighted by Gasteiger charge is -2.13. The van der Waals surface area contributed by atoms with E-state index < -0.39 is 29.7 Å². The number of rotatable bonds is 4. The zero-order valence-electron chi connectivity index (χ0n) is 14.5. The Bertz CT molecular complexity index is 882. The van der Waals surface area contributed by atoms with Gasteiger partial charge >= 0.3 is 18.0 Å². The molecule has 3 N–H and O–H groups in total. The molecule has 0 saturated carbocycles. The number of amides is 2. The maximum atomic E-state index is 12.5. The van der Waals surface area contributed by atoms with Crippen LogP contribution in [0, 0.1) is 0 Å². The SMILES string of the molecule is O=C(NCC(O)c1ccc2c(c1)CCO2)C(=O)Nc1ccc(C(F)(F)F)cc1. The van der Waals surface area contributed by atoms with Crippen LogP contribution in [0.2, 0.25) is 0 Å². The van der Waals surface area contributed by atoms with Crippen molar-refractivity contribution in [3.05, 3.63) is 59.2 Å². The molecular weight excluding hydrogens is 377 g/mol. The van der Waals surface area contributed by atoms with Gasteiger partial charge in [0, 0.05) is 18.7 Å². The van der Waals surface area contributed by atoms with Gasteiger partial charge in [0.15, 0.2) is 0 Å². The van der Waals surface area contributed by atoms with E-state index in [0.717, 1.165) is 42.0 Å². The first kappa shape index (κ1) is 19.7. The molecule has 2 aromatic carbocycles. The van der Waals surface area contributed by atoms with Crippen LogP contribution < -0.4 is 15.4 Å². The third kappa shape index (κ3) is 4.61. The highest BCUT2D eigenvalue weighted by atomic mass is 19.4. The fraction of sp³-hybridized carbons (Fsp3) is 0.263. The molecule has 1 atom stereocenters. The molecule has 0 aromatic heterocycles. The predicted molar refractivity (Wildman–Crippen MR) is 93.7 cm³/mol. The smallest absolute Gasteiger partial charge is 0.416 e. The van der Waals surface area contributed by atoms with Gasteiger partial charge in [-0.3, -0.25) is 9.59 Å². The average Bonchev–Trinajstić information content (AvgIpc) is 3.13. The summed E-state index contributed by atoms with van der Waals surface area (Å²) in [5.41, 5.74) is 0.723. The standard InChI is InChI=1S/C19H17F3N2O4/c20-19(21,22)13-2-4-14(5-3-13)24-18(27)17(26)23-10-15(25)11-1-6-16-12(9-11)7-8-28-16/h1-6,9,15,25H,7-8,10H2,(H,23,26)(H,24,27). The predicted octanol–water partition coefficient (Wildman–Crippen LogP) is 2.43. The monoisotopic (exact) mass is 394 g/mol. The number of hydrogen-bond acceptors (Lipinski definition) is 4. The van der Waals surface area contributed by atoms with Gasteiger partial charge in [-0.2, -0.15) is 13.2 Å². The normalized spacial score (nSPS) is 14.0. The van der Waals surface area contributed by atoms with Crippen molar-refractivity contribution in [3.8, 4) is 5.75 Å². The number of anilines is 1. The number of benzene rings is 2. The summed E-state index contributed by atoms with van der Waals surface area (Å²) in [6.45, 7) is 0.384. The molecule has 1 unspecified atom stereocenters. The number of halogens is 3. The molecule has 9 heteroatoms. The second-order valence-electron chi connectivity index (χ2n) is 6.22. The Morgan fingerprint density at radius 3 is 2.50 bits per heavy atom. The molecule has 0 saturated heterocycles. The minimum atomic E-state index is -4.49. The van der Waals surface area contributed by atoms with Crippen LogP contribution in [-0.2, 0) is 22.2 Å². The van der Waals surface area contributed by atoms with Crippen LogP contribution in [0.15, 0.2) is 42.5 Å². The van der Waals surface area contributed by atoms with E-state index in [-0.39, 0.29) is 12.2 Å². The first-order valence-electron chi connectivity index (χ1n) is 8.44. The maximum Gasteiger partial charge on any atom is 0.416 e. The van der Waals surface area contributed by atoms with E-state index in [1.807, 2.05) is 0 Å². The van der Waals surface area contributed by atoms with E-state index in [1.54, 1.807) is 18.2 Å². The summed E-state index contributed by atoms with van der Waals surface area (Å²) in [7, 11) is 0. The molecule has 6 nitrogen and oxygen atoms in total. The number of nitrogens with one attached hydrogen (secondary N) is 2. The lowest BCUT2D eigenvalue weighted by atomic mass is 10.0. The maximum absolute atomic E-state index is 12.5. The van der Waals surface area contributed by atoms with E-state index in [2.05, 4.69) is 10.6 Å². The number of fused-ring (bicyclic) bond motifs is 1. The molecule has 1 aliphatic rings. The van der Waals surface area contributed by atoms with Crippen molar-refractivity contribution in [2.75, 3.05) is 18.5 Å². The van der Waals surface area contributed by atoms with Crippen LogP contribution in [0.3, 0.4) is 0 Å². The van der Waals surface area contributed by atoms with Gasteiger partial charge in [0.25, 0.3) is 0 Å². The van der Waals surface area contributed by atoms with Crippen molar-refractivity contribution < 1.29 is 32.6 Å². The van der Waals surface area contributed by atoms with Crippen molar-refractivity contribution >= 4 is 17.5 Å². The number of carbonyl (C=O) groups excluding carboxylic acids is 2. The Kier molecular flexibility index (Phi) is 5.55. The number of ether oxygens (including phenoxy) is 1. The first-order chi connectivity index (χ1) is 13.2. The Balaban J connectivity index is 1.52. The molecule has 0 fully saturated rings. The average molecular weight is 394 g/mol. The zero-order valence-corrected chi connectivity index (χ0v) is 14.5. The third-order valence-electron chi connectivity index (χ3n) is 4.23. The van der Waals surface area contributed by atoms with E-state index in [0.29, 0.717) is 12.2 Å². The van der Waals surface area contributed by atoms with Crippen molar-refractivity contribution in [2.45, 2.75) is 18.7 Å². The van der Waals surface area contributed by atoms with Gasteiger partial charge in [-0.15, -0.1) is 0 Å². The molecule has 0 spiro atoms. The van der Waals surface area contributed by atoms with Gasteiger partial charge in [-0.05, 0) is 47.5 Å². The van der Waals surface area contributed by atoms with Gasteiger partial charge in [-0.1, -0.05) is 6.07 Å². The Morgan fingerprint density at radius 2 is 1.82 bits per heavy atom. The molecule has 0 bridgehead atoms. The Hall–Kier alpha value is -3.07. The minimum Gasteiger partial charge on any atom is -0.493 e. The summed E-state index contributed by atoms with van der Waals surface area (Å²) in [6.07, 6.45) is -4.77. The van der Waals surface area contributed by atoms with E-state index in [1.165, 1.54) is 0 Å². The second kappa shape index (κ2) is 7.89. The molecule has 1 heterocycles. The van der Waals surface area contributed by atoms with Crippen LogP contribution in [0.1, 0.15) is 22.8 Å². The van der Waals surface area contributed by atoms with Crippen molar-refractivity contribution in [3.63, 3.8) is 0 Å². The summed E-state index contributed by atoms with van der Waals surface area (Å²) in [6, 6.07) is 8.89. The fourth-order valence-electron chi connectivity index (χ4n) is 2.73. The molecule has 0 aliphatic carbocycles. The van der Waals surface area contributed by atoms with Crippen LogP contribution in [0.5, 0.6) is 5.75 Å². The number of aliphatic hydroxyl groups excluding tert-OH is 1. The highest BCUT2D eigenvalue weighted by Gasteiger charge is 2.30.